The molecule has 0 unspecified atom stereocenters. The number of methoxy groups -OCH3 is 2. The molecular formula is C25H26N2O4S. The number of hydrogen-bond donors (Lipinski definition) is 1. The highest BCUT2D eigenvalue weighted by molar-refractivity contribution is 7.12. The Kier molecular flexibility index (Phi) is 6.75. The van der Waals surface area contributed by atoms with Gasteiger partial charge in [0.2, 0.25) is 5.91 Å². The first-order chi connectivity index (χ1) is 15.6. The van der Waals surface area contributed by atoms with Crippen molar-refractivity contribution in [3.05, 3.63) is 82.0 Å². The zero-order valence-corrected chi connectivity index (χ0v) is 18.9. The molecular weight excluding hydrogens is 424 g/mol. The molecule has 166 valence electrons. The van der Waals surface area contributed by atoms with Gasteiger partial charge in [-0.05, 0) is 23.1 Å². The Balaban J connectivity index is 1.62. The number of ether oxygens (including phenoxy) is 2. The number of rotatable bonds is 7. The van der Waals surface area contributed by atoms with Gasteiger partial charge >= 0.3 is 0 Å². The predicted octanol–water partition coefficient (Wildman–Crippen LogP) is 3.94. The molecule has 2 heterocycles. The molecule has 1 aliphatic rings. The molecule has 0 spiro atoms. The van der Waals surface area contributed by atoms with Crippen LogP contribution in [0.3, 0.4) is 0 Å². The fourth-order valence-electron chi connectivity index (χ4n) is 4.23. The lowest BCUT2D eigenvalue weighted by Gasteiger charge is -2.21. The number of benzene rings is 2. The summed E-state index contributed by atoms with van der Waals surface area (Å²) in [6, 6.07) is 19.1. The summed E-state index contributed by atoms with van der Waals surface area (Å²) >= 11 is 1.41. The highest BCUT2D eigenvalue weighted by atomic mass is 32.1. The highest BCUT2D eigenvalue weighted by Crippen LogP contribution is 2.42. The van der Waals surface area contributed by atoms with Gasteiger partial charge in [-0.1, -0.05) is 48.5 Å². The number of para-hydroxylation sites is 1. The first kappa shape index (κ1) is 21.9. The molecule has 0 bridgehead atoms. The van der Waals surface area contributed by atoms with Gasteiger partial charge in [0.05, 0.1) is 25.0 Å². The van der Waals surface area contributed by atoms with Gasteiger partial charge in [-0.25, -0.2) is 0 Å². The van der Waals surface area contributed by atoms with E-state index in [4.69, 9.17) is 9.47 Å². The van der Waals surface area contributed by atoms with Crippen molar-refractivity contribution in [3.8, 4) is 11.5 Å². The van der Waals surface area contributed by atoms with Crippen LogP contribution in [0.15, 0.2) is 66.0 Å². The molecule has 2 aromatic carbocycles. The summed E-state index contributed by atoms with van der Waals surface area (Å²) < 4.78 is 11.1. The third-order valence-corrected chi connectivity index (χ3v) is 6.68. The molecule has 0 aliphatic carbocycles. The molecule has 1 aromatic heterocycles. The minimum atomic E-state index is -0.399. The topological polar surface area (TPSA) is 67.9 Å². The molecule has 32 heavy (non-hydrogen) atoms. The first-order valence-corrected chi connectivity index (χ1v) is 11.4. The smallest absolute Gasteiger partial charge is 0.263 e. The number of thiophene rings is 1. The van der Waals surface area contributed by atoms with E-state index < -0.39 is 5.92 Å². The van der Waals surface area contributed by atoms with Crippen molar-refractivity contribution in [2.45, 2.75) is 12.5 Å². The fourth-order valence-corrected chi connectivity index (χ4v) is 4.92. The number of nitrogens with one attached hydrogen (secondary N) is 1. The lowest BCUT2D eigenvalue weighted by molar-refractivity contribution is -0.125. The quantitative estimate of drug-likeness (QED) is 0.592. The van der Waals surface area contributed by atoms with E-state index in [-0.39, 0.29) is 17.7 Å². The van der Waals surface area contributed by atoms with Gasteiger partial charge in [-0.2, -0.15) is 0 Å². The minimum absolute atomic E-state index is 0.0507. The predicted molar refractivity (Wildman–Crippen MR) is 124 cm³/mol. The molecule has 1 N–H and O–H groups in total. The van der Waals surface area contributed by atoms with Crippen LogP contribution in [0.25, 0.3) is 0 Å². The summed E-state index contributed by atoms with van der Waals surface area (Å²) in [5.74, 6) is 0.474. The Morgan fingerprint density at radius 1 is 1.00 bits per heavy atom. The van der Waals surface area contributed by atoms with Crippen molar-refractivity contribution in [1.29, 1.82) is 0 Å². The largest absolute Gasteiger partial charge is 0.493 e. The molecule has 1 fully saturated rings. The van der Waals surface area contributed by atoms with E-state index in [1.165, 1.54) is 11.3 Å². The monoisotopic (exact) mass is 450 g/mol. The molecule has 1 aliphatic heterocycles. The molecule has 1 saturated heterocycles. The van der Waals surface area contributed by atoms with Crippen molar-refractivity contribution in [3.63, 3.8) is 0 Å². The van der Waals surface area contributed by atoms with E-state index in [0.29, 0.717) is 36.0 Å². The second-order valence-electron chi connectivity index (χ2n) is 7.69. The summed E-state index contributed by atoms with van der Waals surface area (Å²) in [5, 5.41) is 4.94. The van der Waals surface area contributed by atoms with Crippen LogP contribution in [0.4, 0.5) is 0 Å². The third-order valence-electron chi connectivity index (χ3n) is 5.82. The van der Waals surface area contributed by atoms with E-state index in [1.54, 1.807) is 19.1 Å². The molecule has 7 heteroatoms. The summed E-state index contributed by atoms with van der Waals surface area (Å²) in [6.45, 7) is 1.23. The maximum absolute atomic E-state index is 13.3. The summed E-state index contributed by atoms with van der Waals surface area (Å²) in [7, 11) is 3.18. The number of amides is 2. The number of carbonyl (C=O) groups is 2. The SMILES string of the molecule is COc1cccc([C@@H]2CN(C(=O)c3cccs3)C[C@@H]2C(=O)NCc2ccccc2)c1OC. The van der Waals surface area contributed by atoms with Crippen molar-refractivity contribution in [2.24, 2.45) is 5.92 Å². The van der Waals surface area contributed by atoms with Gasteiger partial charge in [-0.15, -0.1) is 11.3 Å². The lowest BCUT2D eigenvalue weighted by Crippen LogP contribution is -2.35. The average Bonchev–Trinajstić information content (AvgIpc) is 3.53. The van der Waals surface area contributed by atoms with Crippen LogP contribution in [-0.4, -0.2) is 44.0 Å². The van der Waals surface area contributed by atoms with E-state index in [2.05, 4.69) is 5.32 Å². The summed E-state index contributed by atoms with van der Waals surface area (Å²) in [4.78, 5) is 28.8. The maximum atomic E-state index is 13.3. The van der Waals surface area contributed by atoms with Crippen LogP contribution in [0, 0.1) is 5.92 Å². The standard InChI is InChI=1S/C25H26N2O4S/c1-30-21-11-6-10-18(23(21)31-2)19-15-27(25(29)22-12-7-13-32-22)16-20(19)24(28)26-14-17-8-4-3-5-9-17/h3-13,19-20H,14-16H2,1-2H3,(H,26,28)/t19-,20-/m0/s1. The number of likely N-dealkylation sites (tertiary alicyclic amines) is 1. The van der Waals surface area contributed by atoms with Crippen molar-refractivity contribution in [2.75, 3.05) is 27.3 Å². The van der Waals surface area contributed by atoms with Crippen LogP contribution in [0.1, 0.15) is 26.7 Å². The number of nitrogens with zero attached hydrogens (tertiary/aromatic N) is 1. The van der Waals surface area contributed by atoms with Gasteiger partial charge in [0.15, 0.2) is 11.5 Å². The van der Waals surface area contributed by atoms with Gasteiger partial charge in [-0.3, -0.25) is 9.59 Å². The zero-order chi connectivity index (χ0) is 22.5. The molecule has 0 radical (unpaired) electrons. The van der Waals surface area contributed by atoms with Gasteiger partial charge < -0.3 is 19.7 Å². The maximum Gasteiger partial charge on any atom is 0.263 e. The Labute approximate surface area is 191 Å². The van der Waals surface area contributed by atoms with Crippen LogP contribution in [0.5, 0.6) is 11.5 Å². The summed E-state index contributed by atoms with van der Waals surface area (Å²) in [5.41, 5.74) is 1.90. The minimum Gasteiger partial charge on any atom is -0.493 e. The van der Waals surface area contributed by atoms with E-state index in [9.17, 15) is 9.59 Å². The van der Waals surface area contributed by atoms with Crippen LogP contribution in [-0.2, 0) is 11.3 Å². The van der Waals surface area contributed by atoms with Crippen molar-refractivity contribution < 1.29 is 19.1 Å². The van der Waals surface area contributed by atoms with Crippen molar-refractivity contribution in [1.82, 2.24) is 10.2 Å². The molecule has 0 saturated carbocycles. The highest BCUT2D eigenvalue weighted by Gasteiger charge is 2.42. The number of hydrogen-bond acceptors (Lipinski definition) is 5. The Bertz CT molecular complexity index is 1070. The first-order valence-electron chi connectivity index (χ1n) is 10.5. The van der Waals surface area contributed by atoms with Gasteiger partial charge in [0.1, 0.15) is 0 Å². The van der Waals surface area contributed by atoms with Crippen LogP contribution < -0.4 is 14.8 Å². The molecule has 3 aromatic rings. The van der Waals surface area contributed by atoms with Crippen LogP contribution >= 0.6 is 11.3 Å². The molecule has 6 nitrogen and oxygen atoms in total. The summed E-state index contributed by atoms with van der Waals surface area (Å²) in [6.07, 6.45) is 0. The van der Waals surface area contributed by atoms with E-state index in [0.717, 1.165) is 11.1 Å². The fraction of sp³-hybridized carbons (Fsp3) is 0.280. The third kappa shape index (κ3) is 4.48. The Morgan fingerprint density at radius 3 is 2.50 bits per heavy atom. The van der Waals surface area contributed by atoms with Crippen molar-refractivity contribution >= 4 is 23.2 Å². The van der Waals surface area contributed by atoms with E-state index in [1.807, 2.05) is 66.0 Å². The van der Waals surface area contributed by atoms with Gasteiger partial charge in [0.25, 0.3) is 5.91 Å². The average molecular weight is 451 g/mol. The molecule has 4 rings (SSSR count). The van der Waals surface area contributed by atoms with E-state index >= 15 is 0 Å². The van der Waals surface area contributed by atoms with Gasteiger partial charge in [0, 0.05) is 31.1 Å². The number of carbonyl (C=O) groups excluding carboxylic acids is 2. The lowest BCUT2D eigenvalue weighted by atomic mass is 9.87. The van der Waals surface area contributed by atoms with Crippen LogP contribution in [0.2, 0.25) is 0 Å². The Hall–Kier alpha value is -3.32. The zero-order valence-electron chi connectivity index (χ0n) is 18.1. The normalized spacial score (nSPS) is 17.8. The second kappa shape index (κ2) is 9.87. The molecule has 2 amide bonds. The Morgan fingerprint density at radius 2 is 1.81 bits per heavy atom. The molecule has 2 atom stereocenters. The second-order valence-corrected chi connectivity index (χ2v) is 8.63.